The van der Waals surface area contributed by atoms with Crippen LogP contribution in [0.25, 0.3) is 0 Å². The Labute approximate surface area is 122 Å². The Morgan fingerprint density at radius 2 is 1.76 bits per heavy atom. The molecule has 0 heterocycles. The van der Waals surface area contributed by atoms with Crippen LogP contribution in [-0.4, -0.2) is 27.3 Å². The molecule has 0 unspecified atom stereocenters. The molecule has 1 aromatic rings. The fourth-order valence-electron chi connectivity index (χ4n) is 1.41. The van der Waals surface area contributed by atoms with Gasteiger partial charge in [0.2, 0.25) is 10.0 Å². The molecule has 0 fully saturated rings. The zero-order valence-corrected chi connectivity index (χ0v) is 12.6. The van der Waals surface area contributed by atoms with Crippen LogP contribution in [0.15, 0.2) is 29.2 Å². The van der Waals surface area contributed by atoms with Gasteiger partial charge in [0, 0.05) is 13.1 Å². The average molecular weight is 320 g/mol. The second-order valence-electron chi connectivity index (χ2n) is 4.91. The Hall–Kier alpha value is -1.54. The van der Waals surface area contributed by atoms with Crippen LogP contribution in [0.4, 0.5) is 8.78 Å². The Morgan fingerprint density at radius 3 is 2.24 bits per heavy atom. The average Bonchev–Trinajstić information content (AvgIpc) is 2.43. The number of benzene rings is 1. The first-order valence-electron chi connectivity index (χ1n) is 6.37. The molecule has 1 aromatic carbocycles. The maximum Gasteiger partial charge on any atom is 0.315 e. The van der Waals surface area contributed by atoms with E-state index in [1.54, 1.807) is 0 Å². The highest BCUT2D eigenvalue weighted by Crippen LogP contribution is 2.11. The van der Waals surface area contributed by atoms with Gasteiger partial charge in [-0.15, -0.1) is 0 Å². The molecular formula is C13H18F2N2O3S. The van der Waals surface area contributed by atoms with Crippen molar-refractivity contribution in [3.05, 3.63) is 29.8 Å². The highest BCUT2D eigenvalue weighted by atomic mass is 32.2. The van der Waals surface area contributed by atoms with Gasteiger partial charge in [0.1, 0.15) is 0 Å². The van der Waals surface area contributed by atoms with E-state index >= 15 is 0 Å². The number of sulfonamides is 1. The van der Waals surface area contributed by atoms with E-state index < -0.39 is 22.4 Å². The van der Waals surface area contributed by atoms with E-state index in [1.165, 1.54) is 24.3 Å². The highest BCUT2D eigenvalue weighted by molar-refractivity contribution is 7.89. The molecule has 0 spiro atoms. The van der Waals surface area contributed by atoms with Gasteiger partial charge in [-0.05, 0) is 23.6 Å². The summed E-state index contributed by atoms with van der Waals surface area (Å²) in [6.07, 6.45) is -3.06. The number of hydrogen-bond donors (Lipinski definition) is 2. The highest BCUT2D eigenvalue weighted by Gasteiger charge is 2.15. The standard InChI is InChI=1S/C13H18F2N2O3S/c1-9(2)7-17-21(19,20)11-5-3-10(4-6-11)8-16-13(18)12(14)15/h3-6,9,12,17H,7-8H2,1-2H3,(H,16,18). The Balaban J connectivity index is 2.67. The zero-order chi connectivity index (χ0) is 16.0. The maximum atomic E-state index is 12.0. The van der Waals surface area contributed by atoms with Crippen LogP contribution >= 0.6 is 0 Å². The van der Waals surface area contributed by atoms with E-state index in [0.717, 1.165) is 0 Å². The summed E-state index contributed by atoms with van der Waals surface area (Å²) in [6, 6.07) is 5.67. The van der Waals surface area contributed by atoms with Crippen LogP contribution < -0.4 is 10.0 Å². The zero-order valence-electron chi connectivity index (χ0n) is 11.8. The molecule has 1 amide bonds. The number of carbonyl (C=O) groups excluding carboxylic acids is 1. The van der Waals surface area contributed by atoms with Gasteiger partial charge in [-0.2, -0.15) is 8.78 Å². The monoisotopic (exact) mass is 320 g/mol. The van der Waals surface area contributed by atoms with Crippen molar-refractivity contribution in [3.8, 4) is 0 Å². The van der Waals surface area contributed by atoms with E-state index in [0.29, 0.717) is 12.1 Å². The van der Waals surface area contributed by atoms with Gasteiger partial charge >= 0.3 is 6.43 Å². The molecule has 118 valence electrons. The molecule has 0 radical (unpaired) electrons. The van der Waals surface area contributed by atoms with Crippen LogP contribution in [0, 0.1) is 5.92 Å². The van der Waals surface area contributed by atoms with Crippen molar-refractivity contribution < 1.29 is 22.0 Å². The number of hydrogen-bond acceptors (Lipinski definition) is 3. The molecule has 0 saturated carbocycles. The van der Waals surface area contributed by atoms with Crippen LogP contribution in [0.2, 0.25) is 0 Å². The van der Waals surface area contributed by atoms with E-state index in [1.807, 2.05) is 19.2 Å². The van der Waals surface area contributed by atoms with E-state index in [4.69, 9.17) is 0 Å². The second-order valence-corrected chi connectivity index (χ2v) is 6.68. The van der Waals surface area contributed by atoms with Gasteiger partial charge in [-0.1, -0.05) is 26.0 Å². The number of amides is 1. The third-order valence-corrected chi connectivity index (χ3v) is 4.02. The summed E-state index contributed by atoms with van der Waals surface area (Å²) in [5, 5.41) is 2.04. The summed E-state index contributed by atoms with van der Waals surface area (Å²) in [4.78, 5) is 10.8. The molecule has 0 saturated heterocycles. The molecule has 1 rings (SSSR count). The van der Waals surface area contributed by atoms with Crippen LogP contribution in [0.3, 0.4) is 0 Å². The number of rotatable bonds is 7. The Morgan fingerprint density at radius 1 is 1.19 bits per heavy atom. The van der Waals surface area contributed by atoms with Crippen molar-refractivity contribution in [3.63, 3.8) is 0 Å². The lowest BCUT2D eigenvalue weighted by atomic mass is 10.2. The molecule has 0 aliphatic heterocycles. The van der Waals surface area contributed by atoms with Crippen LogP contribution in [-0.2, 0) is 21.4 Å². The van der Waals surface area contributed by atoms with Gasteiger partial charge in [0.05, 0.1) is 4.90 Å². The van der Waals surface area contributed by atoms with Crippen molar-refractivity contribution >= 4 is 15.9 Å². The van der Waals surface area contributed by atoms with Gasteiger partial charge in [-0.3, -0.25) is 4.79 Å². The topological polar surface area (TPSA) is 75.3 Å². The summed E-state index contributed by atoms with van der Waals surface area (Å²) in [5.74, 6) is -1.17. The smallest absolute Gasteiger partial charge is 0.315 e. The first-order chi connectivity index (χ1) is 9.72. The molecule has 21 heavy (non-hydrogen) atoms. The second kappa shape index (κ2) is 7.46. The number of nitrogens with one attached hydrogen (secondary N) is 2. The summed E-state index contributed by atoms with van der Waals surface area (Å²) in [5.41, 5.74) is 0.534. The lowest BCUT2D eigenvalue weighted by molar-refractivity contribution is -0.131. The lowest BCUT2D eigenvalue weighted by Gasteiger charge is -2.09. The third kappa shape index (κ3) is 5.76. The van der Waals surface area contributed by atoms with E-state index in [-0.39, 0.29) is 17.4 Å². The predicted octanol–water partition coefficient (Wildman–Crippen LogP) is 1.50. The van der Waals surface area contributed by atoms with Crippen LogP contribution in [0.5, 0.6) is 0 Å². The van der Waals surface area contributed by atoms with Crippen LogP contribution in [0.1, 0.15) is 19.4 Å². The normalized spacial score (nSPS) is 11.9. The number of carbonyl (C=O) groups is 1. The molecule has 0 atom stereocenters. The minimum Gasteiger partial charge on any atom is -0.347 e. The fourth-order valence-corrected chi connectivity index (χ4v) is 2.63. The SMILES string of the molecule is CC(C)CNS(=O)(=O)c1ccc(CNC(=O)C(F)F)cc1. The minimum atomic E-state index is -3.57. The summed E-state index contributed by atoms with van der Waals surface area (Å²) >= 11 is 0. The van der Waals surface area contributed by atoms with Crippen molar-refractivity contribution in [2.75, 3.05) is 6.54 Å². The molecule has 8 heteroatoms. The van der Waals surface area contributed by atoms with E-state index in [2.05, 4.69) is 4.72 Å². The van der Waals surface area contributed by atoms with Crippen molar-refractivity contribution in [2.45, 2.75) is 31.7 Å². The third-order valence-electron chi connectivity index (χ3n) is 2.58. The fraction of sp³-hybridized carbons (Fsp3) is 0.462. The van der Waals surface area contributed by atoms with E-state index in [9.17, 15) is 22.0 Å². The maximum absolute atomic E-state index is 12.0. The molecule has 0 aromatic heterocycles. The predicted molar refractivity (Wildman–Crippen MR) is 74.3 cm³/mol. The van der Waals surface area contributed by atoms with Crippen molar-refractivity contribution in [2.24, 2.45) is 5.92 Å². The number of halogens is 2. The molecule has 2 N–H and O–H groups in total. The Kier molecular flexibility index (Phi) is 6.22. The lowest BCUT2D eigenvalue weighted by Crippen LogP contribution is -2.29. The van der Waals surface area contributed by atoms with Crippen molar-refractivity contribution in [1.29, 1.82) is 0 Å². The summed E-state index contributed by atoms with van der Waals surface area (Å²) < 4.78 is 50.3. The van der Waals surface area contributed by atoms with Crippen molar-refractivity contribution in [1.82, 2.24) is 10.0 Å². The van der Waals surface area contributed by atoms with Gasteiger partial charge in [0.15, 0.2) is 0 Å². The van der Waals surface area contributed by atoms with Gasteiger partial charge < -0.3 is 5.32 Å². The first-order valence-corrected chi connectivity index (χ1v) is 7.85. The largest absolute Gasteiger partial charge is 0.347 e. The summed E-state index contributed by atoms with van der Waals surface area (Å²) in [6.45, 7) is 4.02. The quantitative estimate of drug-likeness (QED) is 0.799. The molecule has 0 aliphatic carbocycles. The summed E-state index contributed by atoms with van der Waals surface area (Å²) in [7, 11) is -3.57. The Bertz CT molecular complexity index is 572. The molecule has 5 nitrogen and oxygen atoms in total. The molecule has 0 aliphatic rings. The molecular weight excluding hydrogens is 302 g/mol. The minimum absolute atomic E-state index is 0.0804. The molecule has 0 bridgehead atoms. The van der Waals surface area contributed by atoms with Gasteiger partial charge in [0.25, 0.3) is 5.91 Å². The first kappa shape index (κ1) is 17.5. The van der Waals surface area contributed by atoms with Gasteiger partial charge in [-0.25, -0.2) is 13.1 Å². The number of alkyl halides is 2.